The Hall–Kier alpha value is -0.470. The number of halogens is 2. The SMILES string of the molecule is CO/C=C/c1ccc(Br)c(Cl)c1. The van der Waals surface area contributed by atoms with Crippen LogP contribution in [0.2, 0.25) is 5.02 Å². The summed E-state index contributed by atoms with van der Waals surface area (Å²) in [4.78, 5) is 0. The van der Waals surface area contributed by atoms with Gasteiger partial charge in [0.05, 0.1) is 18.4 Å². The predicted molar refractivity (Wildman–Crippen MR) is 55.2 cm³/mol. The summed E-state index contributed by atoms with van der Waals surface area (Å²) in [5.41, 5.74) is 1.02. The first kappa shape index (κ1) is 9.62. The molecule has 0 N–H and O–H groups in total. The van der Waals surface area contributed by atoms with Gasteiger partial charge in [-0.3, -0.25) is 0 Å². The fourth-order valence-corrected chi connectivity index (χ4v) is 1.20. The molecular formula is C9H8BrClO. The van der Waals surface area contributed by atoms with Crippen molar-refractivity contribution in [3.8, 4) is 0 Å². The maximum absolute atomic E-state index is 5.87. The number of hydrogen-bond acceptors (Lipinski definition) is 1. The smallest absolute Gasteiger partial charge is 0.0830 e. The largest absolute Gasteiger partial charge is 0.504 e. The van der Waals surface area contributed by atoms with E-state index in [2.05, 4.69) is 15.9 Å². The van der Waals surface area contributed by atoms with Crippen LogP contribution < -0.4 is 0 Å². The second kappa shape index (κ2) is 4.53. The van der Waals surface area contributed by atoms with Crippen LogP contribution in [0.15, 0.2) is 28.9 Å². The average molecular weight is 248 g/mol. The van der Waals surface area contributed by atoms with Gasteiger partial charge in [-0.25, -0.2) is 0 Å². The molecule has 0 aromatic heterocycles. The first-order chi connectivity index (χ1) is 5.74. The molecule has 0 aliphatic carbocycles. The minimum Gasteiger partial charge on any atom is -0.504 e. The van der Waals surface area contributed by atoms with Crippen LogP contribution in [0.5, 0.6) is 0 Å². The fraction of sp³-hybridized carbons (Fsp3) is 0.111. The third kappa shape index (κ3) is 2.54. The molecule has 0 heterocycles. The van der Waals surface area contributed by atoms with Crippen LogP contribution >= 0.6 is 27.5 Å². The molecule has 0 saturated carbocycles. The summed E-state index contributed by atoms with van der Waals surface area (Å²) in [5.74, 6) is 0. The minimum absolute atomic E-state index is 0.702. The van der Waals surface area contributed by atoms with Crippen molar-refractivity contribution in [1.29, 1.82) is 0 Å². The van der Waals surface area contributed by atoms with Crippen molar-refractivity contribution in [1.82, 2.24) is 0 Å². The highest BCUT2D eigenvalue weighted by molar-refractivity contribution is 9.10. The molecule has 0 radical (unpaired) electrons. The molecule has 12 heavy (non-hydrogen) atoms. The van der Waals surface area contributed by atoms with Crippen LogP contribution in [0.25, 0.3) is 6.08 Å². The monoisotopic (exact) mass is 246 g/mol. The Labute approximate surface area is 85.1 Å². The third-order valence-electron chi connectivity index (χ3n) is 1.34. The molecule has 0 atom stereocenters. The first-order valence-electron chi connectivity index (χ1n) is 3.38. The Morgan fingerprint density at radius 2 is 2.25 bits per heavy atom. The van der Waals surface area contributed by atoms with Crippen LogP contribution in [0, 0.1) is 0 Å². The number of hydrogen-bond donors (Lipinski definition) is 0. The van der Waals surface area contributed by atoms with E-state index in [1.165, 1.54) is 0 Å². The van der Waals surface area contributed by atoms with Crippen molar-refractivity contribution in [3.63, 3.8) is 0 Å². The van der Waals surface area contributed by atoms with E-state index in [-0.39, 0.29) is 0 Å². The summed E-state index contributed by atoms with van der Waals surface area (Å²) >= 11 is 9.18. The molecule has 3 heteroatoms. The van der Waals surface area contributed by atoms with Crippen molar-refractivity contribution >= 4 is 33.6 Å². The van der Waals surface area contributed by atoms with Gasteiger partial charge in [-0.1, -0.05) is 17.7 Å². The molecular weight excluding hydrogens is 239 g/mol. The van der Waals surface area contributed by atoms with Gasteiger partial charge in [-0.05, 0) is 39.7 Å². The quantitative estimate of drug-likeness (QED) is 0.724. The van der Waals surface area contributed by atoms with Crippen molar-refractivity contribution in [2.75, 3.05) is 7.11 Å². The van der Waals surface area contributed by atoms with Gasteiger partial charge in [0.2, 0.25) is 0 Å². The van der Waals surface area contributed by atoms with Gasteiger partial charge in [-0.15, -0.1) is 0 Å². The van der Waals surface area contributed by atoms with E-state index in [1.54, 1.807) is 13.4 Å². The molecule has 0 fully saturated rings. The van der Waals surface area contributed by atoms with Gasteiger partial charge < -0.3 is 4.74 Å². The van der Waals surface area contributed by atoms with Gasteiger partial charge in [0.25, 0.3) is 0 Å². The number of benzene rings is 1. The molecule has 0 saturated heterocycles. The molecule has 0 bridgehead atoms. The summed E-state index contributed by atoms with van der Waals surface area (Å²) in [7, 11) is 1.61. The molecule has 0 spiro atoms. The highest BCUT2D eigenvalue weighted by Gasteiger charge is 1.95. The molecule has 0 unspecified atom stereocenters. The Kier molecular flexibility index (Phi) is 3.63. The summed E-state index contributed by atoms with van der Waals surface area (Å²) in [6.45, 7) is 0. The van der Waals surface area contributed by atoms with E-state index in [0.717, 1.165) is 10.0 Å². The van der Waals surface area contributed by atoms with E-state index in [1.807, 2.05) is 24.3 Å². The van der Waals surface area contributed by atoms with Crippen LogP contribution in [0.4, 0.5) is 0 Å². The lowest BCUT2D eigenvalue weighted by molar-refractivity contribution is 0.341. The fourth-order valence-electron chi connectivity index (χ4n) is 0.763. The topological polar surface area (TPSA) is 9.23 Å². The van der Waals surface area contributed by atoms with Crippen molar-refractivity contribution < 1.29 is 4.74 Å². The number of ether oxygens (including phenoxy) is 1. The standard InChI is InChI=1S/C9H8BrClO/c1-12-5-4-7-2-3-8(10)9(11)6-7/h2-6H,1H3/b5-4+. The van der Waals surface area contributed by atoms with E-state index in [9.17, 15) is 0 Å². The zero-order chi connectivity index (χ0) is 8.97. The van der Waals surface area contributed by atoms with Crippen LogP contribution in [0.1, 0.15) is 5.56 Å². The zero-order valence-electron chi connectivity index (χ0n) is 6.55. The number of methoxy groups -OCH3 is 1. The Bertz CT molecular complexity index is 297. The minimum atomic E-state index is 0.702. The molecule has 0 amide bonds. The lowest BCUT2D eigenvalue weighted by Gasteiger charge is -1.97. The molecule has 64 valence electrons. The third-order valence-corrected chi connectivity index (χ3v) is 2.57. The van der Waals surface area contributed by atoms with Crippen LogP contribution in [-0.4, -0.2) is 7.11 Å². The summed E-state index contributed by atoms with van der Waals surface area (Å²) in [6.07, 6.45) is 3.46. The lowest BCUT2D eigenvalue weighted by Crippen LogP contribution is -1.74. The van der Waals surface area contributed by atoms with Crippen LogP contribution in [-0.2, 0) is 4.74 Å². The molecule has 1 nitrogen and oxygen atoms in total. The van der Waals surface area contributed by atoms with E-state index in [0.29, 0.717) is 5.02 Å². The Balaban J connectivity index is 2.89. The van der Waals surface area contributed by atoms with Gasteiger partial charge >= 0.3 is 0 Å². The van der Waals surface area contributed by atoms with Gasteiger partial charge in [0.1, 0.15) is 0 Å². The first-order valence-corrected chi connectivity index (χ1v) is 4.55. The molecule has 1 aromatic carbocycles. The van der Waals surface area contributed by atoms with Crippen molar-refractivity contribution in [2.24, 2.45) is 0 Å². The van der Waals surface area contributed by atoms with E-state index in [4.69, 9.17) is 16.3 Å². The van der Waals surface area contributed by atoms with E-state index < -0.39 is 0 Å². The average Bonchev–Trinajstić information content (AvgIpc) is 2.07. The Morgan fingerprint density at radius 3 is 2.83 bits per heavy atom. The van der Waals surface area contributed by atoms with Gasteiger partial charge in [0, 0.05) is 4.47 Å². The normalized spacial score (nSPS) is 10.6. The highest BCUT2D eigenvalue weighted by Crippen LogP contribution is 2.23. The second-order valence-corrected chi connectivity index (χ2v) is 3.47. The summed E-state index contributed by atoms with van der Waals surface area (Å²) in [5, 5.41) is 0.702. The van der Waals surface area contributed by atoms with Crippen molar-refractivity contribution in [2.45, 2.75) is 0 Å². The predicted octanol–water partition coefficient (Wildman–Crippen LogP) is 3.72. The molecule has 0 aliphatic heterocycles. The van der Waals surface area contributed by atoms with Crippen LogP contribution in [0.3, 0.4) is 0 Å². The van der Waals surface area contributed by atoms with E-state index >= 15 is 0 Å². The maximum Gasteiger partial charge on any atom is 0.0830 e. The summed E-state index contributed by atoms with van der Waals surface area (Å²) in [6, 6.07) is 5.71. The molecule has 1 rings (SSSR count). The van der Waals surface area contributed by atoms with Crippen molar-refractivity contribution in [3.05, 3.63) is 39.5 Å². The summed E-state index contributed by atoms with van der Waals surface area (Å²) < 4.78 is 5.68. The second-order valence-electron chi connectivity index (χ2n) is 2.21. The lowest BCUT2D eigenvalue weighted by atomic mass is 10.2. The molecule has 0 aliphatic rings. The zero-order valence-corrected chi connectivity index (χ0v) is 8.89. The number of rotatable bonds is 2. The highest BCUT2D eigenvalue weighted by atomic mass is 79.9. The Morgan fingerprint density at radius 1 is 1.50 bits per heavy atom. The van der Waals surface area contributed by atoms with Gasteiger partial charge in [-0.2, -0.15) is 0 Å². The molecule has 1 aromatic rings. The van der Waals surface area contributed by atoms with Gasteiger partial charge in [0.15, 0.2) is 0 Å². The maximum atomic E-state index is 5.87.